The summed E-state index contributed by atoms with van der Waals surface area (Å²) < 4.78 is 62.1. The Morgan fingerprint density at radius 2 is 1.46 bits per heavy atom. The molecular weight excluding hydrogens is 586 g/mol. The van der Waals surface area contributed by atoms with Crippen LogP contribution in [-0.4, -0.2) is 36.4 Å². The number of aryl methyl sites for hydroxylation is 2. The lowest BCUT2D eigenvalue weighted by atomic mass is 10.1. The highest BCUT2D eigenvalue weighted by molar-refractivity contribution is 7.93. The van der Waals surface area contributed by atoms with Crippen molar-refractivity contribution in [3.05, 3.63) is 107 Å². The lowest BCUT2D eigenvalue weighted by molar-refractivity contribution is -0.114. The molecule has 1 amide bonds. The van der Waals surface area contributed by atoms with Gasteiger partial charge in [0, 0.05) is 10.7 Å². The summed E-state index contributed by atoms with van der Waals surface area (Å²) in [6.45, 7) is 3.01. The minimum Gasteiger partial charge on any atom is -0.495 e. The number of benzene rings is 4. The Morgan fingerprint density at radius 3 is 2.07 bits per heavy atom. The second-order valence-electron chi connectivity index (χ2n) is 9.09. The molecule has 0 saturated carbocycles. The van der Waals surface area contributed by atoms with Crippen LogP contribution >= 0.6 is 11.6 Å². The van der Waals surface area contributed by atoms with Gasteiger partial charge in [0.15, 0.2) is 0 Å². The van der Waals surface area contributed by atoms with Gasteiger partial charge in [-0.3, -0.25) is 13.8 Å². The maximum Gasteiger partial charge on any atom is 0.264 e. The number of hydrogen-bond acceptors (Lipinski definition) is 6. The van der Waals surface area contributed by atoms with E-state index >= 15 is 0 Å². The van der Waals surface area contributed by atoms with Gasteiger partial charge in [-0.05, 0) is 79.6 Å². The third-order valence-electron chi connectivity index (χ3n) is 6.19. The number of rotatable bonds is 10. The minimum absolute atomic E-state index is 0.00454. The van der Waals surface area contributed by atoms with Gasteiger partial charge in [0.2, 0.25) is 5.91 Å². The smallest absolute Gasteiger partial charge is 0.264 e. The second-order valence-corrected chi connectivity index (χ2v) is 13.1. The number of anilines is 3. The number of hydrogen-bond donors (Lipinski definition) is 2. The summed E-state index contributed by atoms with van der Waals surface area (Å²) in [5.74, 6) is -0.469. The molecule has 0 fully saturated rings. The Bertz CT molecular complexity index is 1760. The molecule has 0 aliphatic carbocycles. The highest BCUT2D eigenvalue weighted by Crippen LogP contribution is 2.35. The molecule has 0 spiro atoms. The fourth-order valence-electron chi connectivity index (χ4n) is 4.09. The van der Waals surface area contributed by atoms with Crippen molar-refractivity contribution in [3.8, 4) is 5.75 Å². The predicted octanol–water partition coefficient (Wildman–Crippen LogP) is 5.60. The first-order valence-corrected chi connectivity index (χ1v) is 15.6. The molecule has 0 unspecified atom stereocenters. The van der Waals surface area contributed by atoms with E-state index in [0.717, 1.165) is 15.4 Å². The number of carbonyl (C=O) groups is 1. The average Bonchev–Trinajstić information content (AvgIpc) is 2.94. The highest BCUT2D eigenvalue weighted by Gasteiger charge is 2.30. The van der Waals surface area contributed by atoms with Gasteiger partial charge in [-0.2, -0.15) is 0 Å². The van der Waals surface area contributed by atoms with E-state index in [1.165, 1.54) is 55.6 Å². The summed E-state index contributed by atoms with van der Waals surface area (Å²) in [6, 6.07) is 23.1. The fourth-order valence-corrected chi connectivity index (χ4v) is 6.91. The Hall–Kier alpha value is -4.06. The maximum atomic E-state index is 13.6. The molecule has 4 rings (SSSR count). The third kappa shape index (κ3) is 6.82. The Balaban J connectivity index is 1.58. The number of halogens is 1. The zero-order chi connectivity index (χ0) is 29.8. The van der Waals surface area contributed by atoms with Gasteiger partial charge in [0.05, 0.1) is 28.3 Å². The third-order valence-corrected chi connectivity index (χ3v) is 9.57. The quantitative estimate of drug-likeness (QED) is 0.240. The molecule has 0 radical (unpaired) electrons. The van der Waals surface area contributed by atoms with Crippen molar-refractivity contribution in [2.24, 2.45) is 0 Å². The molecule has 0 bridgehead atoms. The number of ether oxygens (including phenoxy) is 1. The first kappa shape index (κ1) is 29.9. The summed E-state index contributed by atoms with van der Waals surface area (Å²) >= 11 is 6.17. The Kier molecular flexibility index (Phi) is 8.91. The molecule has 41 heavy (non-hydrogen) atoms. The molecule has 2 N–H and O–H groups in total. The van der Waals surface area contributed by atoms with E-state index in [2.05, 4.69) is 10.0 Å². The summed E-state index contributed by atoms with van der Waals surface area (Å²) in [6.07, 6.45) is 0. The molecule has 12 heteroatoms. The van der Waals surface area contributed by atoms with Gasteiger partial charge in [-0.15, -0.1) is 0 Å². The number of nitrogens with one attached hydrogen (secondary N) is 2. The van der Waals surface area contributed by atoms with Crippen LogP contribution in [0.25, 0.3) is 0 Å². The molecule has 214 valence electrons. The van der Waals surface area contributed by atoms with Crippen LogP contribution in [0.4, 0.5) is 17.1 Å². The van der Waals surface area contributed by atoms with Crippen molar-refractivity contribution in [3.63, 3.8) is 0 Å². The van der Waals surface area contributed by atoms with E-state index in [1.54, 1.807) is 24.3 Å². The molecule has 0 aromatic heterocycles. The van der Waals surface area contributed by atoms with Gasteiger partial charge in [-0.1, -0.05) is 48.0 Å². The summed E-state index contributed by atoms with van der Waals surface area (Å²) in [5.41, 5.74) is 2.42. The molecule has 0 saturated heterocycles. The van der Waals surface area contributed by atoms with E-state index in [4.69, 9.17) is 16.3 Å². The highest BCUT2D eigenvalue weighted by atomic mass is 35.5. The van der Waals surface area contributed by atoms with E-state index in [9.17, 15) is 21.6 Å². The summed E-state index contributed by atoms with van der Waals surface area (Å²) in [5, 5.41) is 2.88. The van der Waals surface area contributed by atoms with E-state index in [0.29, 0.717) is 5.69 Å². The van der Waals surface area contributed by atoms with Gasteiger partial charge in [-0.25, -0.2) is 16.8 Å². The average molecular weight is 614 g/mol. The van der Waals surface area contributed by atoms with Gasteiger partial charge in [0.25, 0.3) is 20.0 Å². The van der Waals surface area contributed by atoms with Crippen molar-refractivity contribution in [1.29, 1.82) is 0 Å². The molecule has 0 heterocycles. The number of amides is 1. The molecule has 4 aromatic rings. The Labute approximate surface area is 244 Å². The van der Waals surface area contributed by atoms with Crippen LogP contribution in [0, 0.1) is 13.8 Å². The van der Waals surface area contributed by atoms with Crippen LogP contribution in [0.3, 0.4) is 0 Å². The first-order chi connectivity index (χ1) is 19.4. The van der Waals surface area contributed by atoms with Crippen LogP contribution in [-0.2, 0) is 24.8 Å². The number of methoxy groups -OCH3 is 1. The van der Waals surface area contributed by atoms with Gasteiger partial charge in [0.1, 0.15) is 12.3 Å². The standard InChI is InChI=1S/C29H28ClN3O6S2/c1-20-8-7-9-21(2)29(20)32-40(35,36)24-15-13-23(14-16-24)31-28(34)19-33(26-18-22(30)12-17-27(26)39-3)41(37,38)25-10-5-4-6-11-25/h4-18,32H,19H2,1-3H3,(H,31,34). The SMILES string of the molecule is COc1ccc(Cl)cc1N(CC(=O)Nc1ccc(S(=O)(=O)Nc2c(C)cccc2C)cc1)S(=O)(=O)c1ccccc1. The largest absolute Gasteiger partial charge is 0.495 e. The zero-order valence-electron chi connectivity index (χ0n) is 22.5. The van der Waals surface area contributed by atoms with Crippen molar-refractivity contribution >= 4 is 54.6 Å². The van der Waals surface area contributed by atoms with E-state index in [-0.39, 0.29) is 31.9 Å². The fraction of sp³-hybridized carbons (Fsp3) is 0.138. The second kappa shape index (κ2) is 12.2. The molecule has 0 aliphatic heterocycles. The van der Waals surface area contributed by atoms with E-state index in [1.807, 2.05) is 32.0 Å². The summed E-state index contributed by atoms with van der Waals surface area (Å²) in [7, 11) is -6.72. The topological polar surface area (TPSA) is 122 Å². The molecular formula is C29H28ClN3O6S2. The molecule has 0 atom stereocenters. The predicted molar refractivity (Wildman–Crippen MR) is 161 cm³/mol. The zero-order valence-corrected chi connectivity index (χ0v) is 24.8. The normalized spacial score (nSPS) is 11.5. The first-order valence-electron chi connectivity index (χ1n) is 12.3. The Morgan fingerprint density at radius 1 is 0.829 bits per heavy atom. The number of sulfonamides is 2. The van der Waals surface area contributed by atoms with Crippen LogP contribution in [0.2, 0.25) is 5.02 Å². The molecule has 4 aromatic carbocycles. The number of para-hydroxylation sites is 1. The summed E-state index contributed by atoms with van der Waals surface area (Å²) in [4.78, 5) is 13.1. The van der Waals surface area contributed by atoms with Crippen LogP contribution in [0.15, 0.2) is 101 Å². The van der Waals surface area contributed by atoms with Gasteiger partial charge >= 0.3 is 0 Å². The van der Waals surface area contributed by atoms with Crippen molar-refractivity contribution in [2.75, 3.05) is 28.0 Å². The number of carbonyl (C=O) groups excluding carboxylic acids is 1. The lowest BCUT2D eigenvalue weighted by Crippen LogP contribution is -2.38. The van der Waals surface area contributed by atoms with E-state index < -0.39 is 32.5 Å². The van der Waals surface area contributed by atoms with Crippen molar-refractivity contribution < 1.29 is 26.4 Å². The van der Waals surface area contributed by atoms with Gasteiger partial charge < -0.3 is 10.1 Å². The lowest BCUT2D eigenvalue weighted by Gasteiger charge is -2.26. The van der Waals surface area contributed by atoms with Crippen LogP contribution in [0.1, 0.15) is 11.1 Å². The monoisotopic (exact) mass is 613 g/mol. The van der Waals surface area contributed by atoms with Crippen LogP contribution < -0.4 is 19.1 Å². The van der Waals surface area contributed by atoms with Crippen LogP contribution in [0.5, 0.6) is 5.75 Å². The van der Waals surface area contributed by atoms with Crippen molar-refractivity contribution in [2.45, 2.75) is 23.6 Å². The minimum atomic E-state index is -4.21. The molecule has 0 aliphatic rings. The number of nitrogens with zero attached hydrogens (tertiary/aromatic N) is 1. The van der Waals surface area contributed by atoms with Crippen molar-refractivity contribution in [1.82, 2.24) is 0 Å². The maximum absolute atomic E-state index is 13.6. The molecule has 9 nitrogen and oxygen atoms in total.